The monoisotopic (exact) mass is 535 g/mol. The maximum absolute atomic E-state index is 13.4. The number of benzene rings is 4. The zero-order chi connectivity index (χ0) is 28.9. The van der Waals surface area contributed by atoms with Crippen LogP contribution in [0.4, 0.5) is 10.5 Å². The zero-order valence-corrected chi connectivity index (χ0v) is 24.5. The lowest BCUT2D eigenvalue weighted by Crippen LogP contribution is -2.49. The van der Waals surface area contributed by atoms with Crippen molar-refractivity contribution in [3.63, 3.8) is 0 Å². The van der Waals surface area contributed by atoms with E-state index in [0.717, 1.165) is 38.7 Å². The summed E-state index contributed by atoms with van der Waals surface area (Å²) in [7, 11) is 0. The van der Waals surface area contributed by atoms with Crippen molar-refractivity contribution in [1.82, 2.24) is 10.6 Å². The van der Waals surface area contributed by atoms with Gasteiger partial charge in [-0.05, 0) is 49.9 Å². The number of carbonyl (C=O) groups excluding carboxylic acids is 2. The minimum Gasteiger partial charge on any atom is -0.350 e. The van der Waals surface area contributed by atoms with Crippen LogP contribution < -0.4 is 16.0 Å². The average Bonchev–Trinajstić information content (AvgIpc) is 2.90. The normalized spacial score (nSPS) is 12.6. The number of rotatable bonds is 7. The molecule has 40 heavy (non-hydrogen) atoms. The van der Waals surface area contributed by atoms with Gasteiger partial charge >= 0.3 is 6.03 Å². The predicted octanol–water partition coefficient (Wildman–Crippen LogP) is 7.48. The van der Waals surface area contributed by atoms with Crippen LogP contribution in [0.25, 0.3) is 10.8 Å². The van der Waals surface area contributed by atoms with Gasteiger partial charge in [0.2, 0.25) is 5.91 Å². The van der Waals surface area contributed by atoms with Crippen molar-refractivity contribution in [2.45, 2.75) is 71.4 Å². The summed E-state index contributed by atoms with van der Waals surface area (Å²) in [6, 6.07) is 29.2. The van der Waals surface area contributed by atoms with Crippen molar-refractivity contribution >= 4 is 28.4 Å². The molecule has 0 aromatic heterocycles. The lowest BCUT2D eigenvalue weighted by Gasteiger charge is -2.27. The van der Waals surface area contributed by atoms with Crippen molar-refractivity contribution in [3.8, 4) is 0 Å². The van der Waals surface area contributed by atoms with Gasteiger partial charge in [0.15, 0.2) is 0 Å². The Hall–Kier alpha value is -4.12. The Morgan fingerprint density at radius 1 is 0.700 bits per heavy atom. The van der Waals surface area contributed by atoms with Crippen LogP contribution in [0.1, 0.15) is 63.8 Å². The molecule has 0 aliphatic heterocycles. The molecule has 3 amide bonds. The Morgan fingerprint density at radius 2 is 1.38 bits per heavy atom. The van der Waals surface area contributed by atoms with E-state index >= 15 is 0 Å². The van der Waals surface area contributed by atoms with Gasteiger partial charge < -0.3 is 16.0 Å². The van der Waals surface area contributed by atoms with E-state index in [9.17, 15) is 9.59 Å². The molecule has 4 aromatic rings. The second-order valence-electron chi connectivity index (χ2n) is 12.5. The number of hydrogen-bond acceptors (Lipinski definition) is 2. The number of urea groups is 1. The van der Waals surface area contributed by atoms with Gasteiger partial charge in [-0.15, -0.1) is 0 Å². The van der Waals surface area contributed by atoms with Crippen LogP contribution in [-0.4, -0.2) is 18.0 Å². The van der Waals surface area contributed by atoms with Gasteiger partial charge in [-0.2, -0.15) is 0 Å². The summed E-state index contributed by atoms with van der Waals surface area (Å²) in [4.78, 5) is 26.9. The molecular weight excluding hydrogens is 494 g/mol. The van der Waals surface area contributed by atoms with Crippen molar-refractivity contribution in [1.29, 1.82) is 0 Å². The first kappa shape index (κ1) is 28.9. The summed E-state index contributed by atoms with van der Waals surface area (Å²) >= 11 is 0. The highest BCUT2D eigenvalue weighted by Crippen LogP contribution is 2.34. The number of fused-ring (bicyclic) bond motifs is 1. The maximum atomic E-state index is 13.4. The molecule has 0 unspecified atom stereocenters. The highest BCUT2D eigenvalue weighted by Gasteiger charge is 2.25. The van der Waals surface area contributed by atoms with Gasteiger partial charge in [0.1, 0.15) is 6.04 Å². The molecule has 1 atom stereocenters. The highest BCUT2D eigenvalue weighted by molar-refractivity contribution is 5.95. The molecule has 0 heterocycles. The zero-order valence-electron chi connectivity index (χ0n) is 24.5. The molecule has 0 saturated carbocycles. The quantitative estimate of drug-likeness (QED) is 0.230. The van der Waals surface area contributed by atoms with Crippen molar-refractivity contribution < 1.29 is 9.59 Å². The van der Waals surface area contributed by atoms with E-state index in [1.54, 1.807) is 0 Å². The maximum Gasteiger partial charge on any atom is 0.319 e. The molecule has 0 spiro atoms. The smallest absolute Gasteiger partial charge is 0.319 e. The third-order valence-electron chi connectivity index (χ3n) is 7.13. The van der Waals surface area contributed by atoms with Gasteiger partial charge in [0, 0.05) is 18.7 Å². The summed E-state index contributed by atoms with van der Waals surface area (Å²) in [5, 5.41) is 11.3. The third-order valence-corrected chi connectivity index (χ3v) is 7.13. The molecule has 0 radical (unpaired) electrons. The standard InChI is InChI=1S/C35H41N3O2/c1-34(2,3)28-18-19-29(35(4,5)6)30(22-28)37-33(40)38-31(32(39)36-23-24-12-8-7-9-13-24)21-25-16-17-26-14-10-11-15-27(26)20-25/h7-20,22,31H,21,23H2,1-6H3,(H,36,39)(H2,37,38,40)/t31-/m1/s1. The molecule has 208 valence electrons. The fraction of sp³-hybridized carbons (Fsp3) is 0.314. The summed E-state index contributed by atoms with van der Waals surface area (Å²) in [5.41, 5.74) is 4.66. The molecule has 3 N–H and O–H groups in total. The largest absolute Gasteiger partial charge is 0.350 e. The lowest BCUT2D eigenvalue weighted by atomic mass is 9.81. The van der Waals surface area contributed by atoms with Crippen molar-refractivity contribution in [2.75, 3.05) is 5.32 Å². The Labute approximate surface area is 238 Å². The van der Waals surface area contributed by atoms with E-state index in [1.807, 2.05) is 54.6 Å². The first-order valence-electron chi connectivity index (χ1n) is 13.9. The third kappa shape index (κ3) is 7.50. The van der Waals surface area contributed by atoms with Gasteiger partial charge in [-0.1, -0.05) is 126 Å². The number of hydrogen-bond donors (Lipinski definition) is 3. The first-order chi connectivity index (χ1) is 18.9. The first-order valence-corrected chi connectivity index (χ1v) is 13.9. The van der Waals surface area contributed by atoms with Crippen LogP contribution in [0, 0.1) is 0 Å². The second kappa shape index (κ2) is 12.0. The van der Waals surface area contributed by atoms with E-state index in [2.05, 4.69) is 93.9 Å². The van der Waals surface area contributed by atoms with Crippen LogP contribution in [-0.2, 0) is 28.6 Å². The SMILES string of the molecule is CC(C)(C)c1ccc(C(C)(C)C)c(NC(=O)N[C@H](Cc2ccc3ccccc3c2)C(=O)NCc2ccccc2)c1. The molecule has 5 heteroatoms. The molecule has 0 fully saturated rings. The van der Waals surface area contributed by atoms with Crippen LogP contribution in [0.15, 0.2) is 91.0 Å². The summed E-state index contributed by atoms with van der Waals surface area (Å²) in [6.45, 7) is 13.2. The summed E-state index contributed by atoms with van der Waals surface area (Å²) < 4.78 is 0. The molecule has 0 aliphatic carbocycles. The van der Waals surface area contributed by atoms with Crippen molar-refractivity contribution in [2.24, 2.45) is 0 Å². The Bertz CT molecular complexity index is 1480. The molecule has 0 bridgehead atoms. The van der Waals surface area contributed by atoms with Crippen molar-refractivity contribution in [3.05, 3.63) is 113 Å². The van der Waals surface area contributed by atoms with Gasteiger partial charge in [0.05, 0.1) is 0 Å². The fourth-order valence-corrected chi connectivity index (χ4v) is 4.80. The number of amides is 3. The predicted molar refractivity (Wildman–Crippen MR) is 166 cm³/mol. The van der Waals surface area contributed by atoms with Gasteiger partial charge in [-0.25, -0.2) is 4.79 Å². The van der Waals surface area contributed by atoms with Gasteiger partial charge in [-0.3, -0.25) is 4.79 Å². The minimum absolute atomic E-state index is 0.0702. The van der Waals surface area contributed by atoms with Crippen LogP contribution in [0.3, 0.4) is 0 Å². The van der Waals surface area contributed by atoms with E-state index in [4.69, 9.17) is 0 Å². The number of nitrogens with one attached hydrogen (secondary N) is 3. The van der Waals surface area contributed by atoms with Gasteiger partial charge in [0.25, 0.3) is 0 Å². The molecule has 0 aliphatic rings. The van der Waals surface area contributed by atoms with E-state index in [1.165, 1.54) is 0 Å². The molecule has 0 saturated heterocycles. The van der Waals surface area contributed by atoms with Crippen LogP contribution >= 0.6 is 0 Å². The Kier molecular flexibility index (Phi) is 8.63. The second-order valence-corrected chi connectivity index (χ2v) is 12.5. The van der Waals surface area contributed by atoms with E-state index in [0.29, 0.717) is 13.0 Å². The van der Waals surface area contributed by atoms with E-state index in [-0.39, 0.29) is 16.7 Å². The fourth-order valence-electron chi connectivity index (χ4n) is 4.80. The van der Waals surface area contributed by atoms with Crippen LogP contribution in [0.2, 0.25) is 0 Å². The highest BCUT2D eigenvalue weighted by atomic mass is 16.2. The number of carbonyl (C=O) groups is 2. The molecule has 4 aromatic carbocycles. The Balaban J connectivity index is 1.58. The van der Waals surface area contributed by atoms with Crippen LogP contribution in [0.5, 0.6) is 0 Å². The molecule has 4 rings (SSSR count). The molecule has 5 nitrogen and oxygen atoms in total. The van der Waals surface area contributed by atoms with E-state index < -0.39 is 12.1 Å². The lowest BCUT2D eigenvalue weighted by molar-refractivity contribution is -0.123. The summed E-state index contributed by atoms with van der Waals surface area (Å²) in [5.74, 6) is -0.230. The average molecular weight is 536 g/mol. The topological polar surface area (TPSA) is 70.2 Å². The Morgan fingerprint density at radius 3 is 2.05 bits per heavy atom. The minimum atomic E-state index is -0.756. The molecular formula is C35H41N3O2. The summed E-state index contributed by atoms with van der Waals surface area (Å²) in [6.07, 6.45) is 0.368. The number of anilines is 1.